The Balaban J connectivity index is 2.23. The highest BCUT2D eigenvalue weighted by molar-refractivity contribution is 7.93. The van der Waals surface area contributed by atoms with Crippen molar-refractivity contribution in [1.29, 1.82) is 0 Å². The second kappa shape index (κ2) is 8.47. The smallest absolute Gasteiger partial charge is 0.268 e. The van der Waals surface area contributed by atoms with E-state index in [-0.39, 0.29) is 16.1 Å². The molecular formula is C24H20FNO3S. The van der Waals surface area contributed by atoms with Gasteiger partial charge < -0.3 is 0 Å². The molecule has 1 amide bonds. The molecule has 0 N–H and O–H groups in total. The van der Waals surface area contributed by atoms with Crippen LogP contribution in [0.4, 0.5) is 10.1 Å². The monoisotopic (exact) mass is 421 g/mol. The number of aryl methyl sites for hydroxylation is 1. The molecule has 3 aromatic rings. The highest BCUT2D eigenvalue weighted by atomic mass is 32.2. The molecule has 0 aromatic heterocycles. The molecule has 0 heterocycles. The first-order valence-corrected chi connectivity index (χ1v) is 10.5. The molecule has 0 radical (unpaired) electrons. The quantitative estimate of drug-likeness (QED) is 0.520. The van der Waals surface area contributed by atoms with Gasteiger partial charge in [-0.15, -0.1) is 0 Å². The third-order valence-corrected chi connectivity index (χ3v) is 6.28. The number of anilines is 1. The van der Waals surface area contributed by atoms with Crippen molar-refractivity contribution in [1.82, 2.24) is 0 Å². The molecule has 0 bridgehead atoms. The molecule has 0 fully saturated rings. The lowest BCUT2D eigenvalue weighted by molar-refractivity contribution is -0.113. The van der Waals surface area contributed by atoms with Crippen LogP contribution in [0.2, 0.25) is 0 Å². The van der Waals surface area contributed by atoms with Crippen molar-refractivity contribution in [2.45, 2.75) is 11.8 Å². The van der Waals surface area contributed by atoms with Gasteiger partial charge in [-0.3, -0.25) is 4.79 Å². The first-order valence-electron chi connectivity index (χ1n) is 9.08. The lowest BCUT2D eigenvalue weighted by Crippen LogP contribution is -2.36. The number of nitrogens with zero attached hydrogens (tertiary/aromatic N) is 1. The SMILES string of the molecule is C=CC(=O)N(c1ccc(F)cc1C(=C)c1ccccc1)S(=O)(=O)c1ccc(C)cc1. The molecule has 30 heavy (non-hydrogen) atoms. The molecule has 0 aliphatic heterocycles. The number of benzene rings is 3. The second-order valence-electron chi connectivity index (χ2n) is 6.63. The maximum Gasteiger partial charge on any atom is 0.271 e. The molecule has 0 atom stereocenters. The van der Waals surface area contributed by atoms with Crippen LogP contribution in [0.5, 0.6) is 0 Å². The van der Waals surface area contributed by atoms with Gasteiger partial charge in [0.25, 0.3) is 15.9 Å². The zero-order valence-electron chi connectivity index (χ0n) is 16.4. The number of carbonyl (C=O) groups is 1. The Morgan fingerprint density at radius 3 is 2.23 bits per heavy atom. The van der Waals surface area contributed by atoms with Crippen molar-refractivity contribution in [3.05, 3.63) is 115 Å². The first kappa shape index (κ1) is 21.2. The van der Waals surface area contributed by atoms with Crippen LogP contribution < -0.4 is 4.31 Å². The minimum Gasteiger partial charge on any atom is -0.268 e. The molecular weight excluding hydrogens is 401 g/mol. The van der Waals surface area contributed by atoms with Gasteiger partial charge in [-0.25, -0.2) is 12.8 Å². The molecule has 152 valence electrons. The van der Waals surface area contributed by atoms with Crippen LogP contribution in [-0.4, -0.2) is 14.3 Å². The van der Waals surface area contributed by atoms with E-state index in [0.717, 1.165) is 17.7 Å². The maximum absolute atomic E-state index is 14.1. The van der Waals surface area contributed by atoms with E-state index >= 15 is 0 Å². The van der Waals surface area contributed by atoms with E-state index in [1.54, 1.807) is 36.4 Å². The van der Waals surface area contributed by atoms with Crippen LogP contribution >= 0.6 is 0 Å². The predicted octanol–water partition coefficient (Wildman–Crippen LogP) is 5.10. The molecule has 6 heteroatoms. The number of halogens is 1. The fourth-order valence-electron chi connectivity index (χ4n) is 2.99. The summed E-state index contributed by atoms with van der Waals surface area (Å²) in [6.07, 6.45) is 0.907. The van der Waals surface area contributed by atoms with Gasteiger partial charge in [-0.2, -0.15) is 4.31 Å². The van der Waals surface area contributed by atoms with Gasteiger partial charge in [0, 0.05) is 5.56 Å². The zero-order valence-corrected chi connectivity index (χ0v) is 17.2. The minimum atomic E-state index is -4.28. The molecule has 0 saturated carbocycles. The number of amides is 1. The van der Waals surface area contributed by atoms with Crippen LogP contribution in [-0.2, 0) is 14.8 Å². The van der Waals surface area contributed by atoms with Crippen LogP contribution in [0.15, 0.2) is 96.9 Å². The molecule has 0 aliphatic carbocycles. The summed E-state index contributed by atoms with van der Waals surface area (Å²) in [6, 6.07) is 18.6. The highest BCUT2D eigenvalue weighted by Crippen LogP contribution is 2.34. The second-order valence-corrected chi connectivity index (χ2v) is 8.42. The van der Waals surface area contributed by atoms with Gasteiger partial charge in [-0.05, 0) is 54.5 Å². The van der Waals surface area contributed by atoms with Crippen molar-refractivity contribution in [2.75, 3.05) is 4.31 Å². The van der Waals surface area contributed by atoms with Gasteiger partial charge >= 0.3 is 0 Å². The lowest BCUT2D eigenvalue weighted by Gasteiger charge is -2.24. The Hall–Kier alpha value is -3.51. The summed E-state index contributed by atoms with van der Waals surface area (Å²) in [7, 11) is -4.28. The van der Waals surface area contributed by atoms with Crippen molar-refractivity contribution >= 4 is 27.2 Å². The summed E-state index contributed by atoms with van der Waals surface area (Å²) in [6.45, 7) is 9.26. The fraction of sp³-hybridized carbons (Fsp3) is 0.0417. The Morgan fingerprint density at radius 2 is 1.63 bits per heavy atom. The van der Waals surface area contributed by atoms with Gasteiger partial charge in [0.05, 0.1) is 10.6 Å². The summed E-state index contributed by atoms with van der Waals surface area (Å²) >= 11 is 0. The molecule has 0 aliphatic rings. The molecule has 3 rings (SSSR count). The normalized spacial score (nSPS) is 11.0. The Labute approximate surface area is 175 Å². The largest absolute Gasteiger partial charge is 0.271 e. The molecule has 3 aromatic carbocycles. The van der Waals surface area contributed by atoms with Gasteiger partial charge in [0.2, 0.25) is 0 Å². The topological polar surface area (TPSA) is 54.5 Å². The summed E-state index contributed by atoms with van der Waals surface area (Å²) in [5, 5.41) is 0. The Morgan fingerprint density at radius 1 is 1.00 bits per heavy atom. The van der Waals surface area contributed by atoms with E-state index < -0.39 is 21.7 Å². The third kappa shape index (κ3) is 4.09. The van der Waals surface area contributed by atoms with E-state index in [1.165, 1.54) is 24.3 Å². The first-order chi connectivity index (χ1) is 14.3. The molecule has 0 spiro atoms. The number of carbonyl (C=O) groups excluding carboxylic acids is 1. The van der Waals surface area contributed by atoms with Gasteiger partial charge in [0.15, 0.2) is 0 Å². The Bertz CT molecular complexity index is 1220. The van der Waals surface area contributed by atoms with E-state index in [1.807, 2.05) is 13.0 Å². The van der Waals surface area contributed by atoms with E-state index in [4.69, 9.17) is 0 Å². The zero-order chi connectivity index (χ0) is 21.9. The Kier molecular flexibility index (Phi) is 5.99. The van der Waals surface area contributed by atoms with Crippen LogP contribution in [0.3, 0.4) is 0 Å². The van der Waals surface area contributed by atoms with Crippen LogP contribution in [0.1, 0.15) is 16.7 Å². The van der Waals surface area contributed by atoms with Crippen LogP contribution in [0, 0.1) is 12.7 Å². The third-order valence-electron chi connectivity index (χ3n) is 4.56. The number of sulfonamides is 1. The van der Waals surface area contributed by atoms with E-state index in [0.29, 0.717) is 15.4 Å². The predicted molar refractivity (Wildman–Crippen MR) is 117 cm³/mol. The van der Waals surface area contributed by atoms with Crippen molar-refractivity contribution < 1.29 is 17.6 Å². The standard InChI is InChI=1S/C24H20FNO3S/c1-4-24(27)26(30(28,29)21-13-10-17(2)11-14-21)23-15-12-20(25)16-22(23)18(3)19-8-6-5-7-9-19/h4-16H,1,3H2,2H3. The number of hydrogen-bond acceptors (Lipinski definition) is 3. The van der Waals surface area contributed by atoms with Gasteiger partial charge in [-0.1, -0.05) is 61.2 Å². The lowest BCUT2D eigenvalue weighted by atomic mass is 9.98. The van der Waals surface area contributed by atoms with E-state index in [9.17, 15) is 17.6 Å². The van der Waals surface area contributed by atoms with Gasteiger partial charge in [0.1, 0.15) is 5.82 Å². The van der Waals surface area contributed by atoms with Crippen molar-refractivity contribution in [3.63, 3.8) is 0 Å². The summed E-state index contributed by atoms with van der Waals surface area (Å²) in [5.74, 6) is -1.44. The fourth-order valence-corrected chi connectivity index (χ4v) is 4.41. The van der Waals surface area contributed by atoms with Crippen LogP contribution in [0.25, 0.3) is 5.57 Å². The summed E-state index contributed by atoms with van der Waals surface area (Å²) < 4.78 is 41.5. The highest BCUT2D eigenvalue weighted by Gasteiger charge is 2.32. The number of hydrogen-bond donors (Lipinski definition) is 0. The summed E-state index contributed by atoms with van der Waals surface area (Å²) in [5.41, 5.74) is 2.10. The van der Waals surface area contributed by atoms with E-state index in [2.05, 4.69) is 13.2 Å². The average Bonchev–Trinajstić information content (AvgIpc) is 2.75. The molecule has 4 nitrogen and oxygen atoms in total. The maximum atomic E-state index is 14.1. The summed E-state index contributed by atoms with van der Waals surface area (Å²) in [4.78, 5) is 12.6. The minimum absolute atomic E-state index is 0.00396. The van der Waals surface area contributed by atoms with Crippen molar-refractivity contribution in [3.8, 4) is 0 Å². The number of rotatable bonds is 6. The average molecular weight is 421 g/mol. The molecule has 0 unspecified atom stereocenters. The molecule has 0 saturated heterocycles. The van der Waals surface area contributed by atoms with Crippen molar-refractivity contribution in [2.24, 2.45) is 0 Å².